The van der Waals surface area contributed by atoms with Gasteiger partial charge in [-0.2, -0.15) is 0 Å². The predicted molar refractivity (Wildman–Crippen MR) is 55.2 cm³/mol. The predicted octanol–water partition coefficient (Wildman–Crippen LogP) is 4.17. The minimum absolute atomic E-state index is 0.549. The van der Waals surface area contributed by atoms with Crippen molar-refractivity contribution in [2.24, 2.45) is 11.3 Å². The van der Waals surface area contributed by atoms with Gasteiger partial charge in [-0.15, -0.1) is 0 Å². The van der Waals surface area contributed by atoms with E-state index in [2.05, 4.69) is 32.9 Å². The number of hydrogen-bond donors (Lipinski definition) is 0. The maximum Gasteiger partial charge on any atom is -0.00952 e. The van der Waals surface area contributed by atoms with Crippen LogP contribution in [0.25, 0.3) is 0 Å². The van der Waals surface area contributed by atoms with Crippen molar-refractivity contribution in [3.8, 4) is 0 Å². The average Bonchev–Trinajstić information content (AvgIpc) is 2.17. The third-order valence-corrected chi connectivity index (χ3v) is 3.75. The lowest BCUT2D eigenvalue weighted by Gasteiger charge is -2.39. The first-order valence-corrected chi connectivity index (χ1v) is 5.46. The smallest absolute Gasteiger partial charge is 0.00952 e. The maximum atomic E-state index is 2.49. The lowest BCUT2D eigenvalue weighted by Crippen LogP contribution is -2.29. The van der Waals surface area contributed by atoms with E-state index in [0.29, 0.717) is 5.41 Å². The van der Waals surface area contributed by atoms with Crippen LogP contribution in [0.2, 0.25) is 0 Å². The second kappa shape index (κ2) is 4.11. The SMILES string of the molecule is CCC1CCC=CC1(CC)CC. The molecule has 1 aliphatic carbocycles. The number of rotatable bonds is 3. The van der Waals surface area contributed by atoms with Crippen LogP contribution in [0.15, 0.2) is 12.2 Å². The van der Waals surface area contributed by atoms with E-state index < -0.39 is 0 Å². The Morgan fingerprint density at radius 3 is 2.33 bits per heavy atom. The molecular formula is C12H22. The fraction of sp³-hybridized carbons (Fsp3) is 0.833. The summed E-state index contributed by atoms with van der Waals surface area (Å²) in [4.78, 5) is 0. The Bertz CT molecular complexity index is 151. The molecule has 12 heavy (non-hydrogen) atoms. The quantitative estimate of drug-likeness (QED) is 0.552. The van der Waals surface area contributed by atoms with Crippen LogP contribution in [0.3, 0.4) is 0 Å². The average molecular weight is 166 g/mol. The molecule has 0 fully saturated rings. The largest absolute Gasteiger partial charge is 0.0880 e. The van der Waals surface area contributed by atoms with Crippen LogP contribution in [-0.2, 0) is 0 Å². The van der Waals surface area contributed by atoms with Crippen molar-refractivity contribution in [1.29, 1.82) is 0 Å². The summed E-state index contributed by atoms with van der Waals surface area (Å²) in [6.45, 7) is 7.01. The molecule has 1 atom stereocenters. The minimum atomic E-state index is 0.549. The summed E-state index contributed by atoms with van der Waals surface area (Å²) in [6.07, 6.45) is 11.6. The number of hydrogen-bond acceptors (Lipinski definition) is 0. The molecule has 0 aliphatic heterocycles. The molecule has 0 saturated heterocycles. The molecule has 0 heteroatoms. The summed E-state index contributed by atoms with van der Waals surface area (Å²) in [5.74, 6) is 0.942. The lowest BCUT2D eigenvalue weighted by molar-refractivity contribution is 0.181. The van der Waals surface area contributed by atoms with E-state index >= 15 is 0 Å². The molecule has 0 spiro atoms. The Morgan fingerprint density at radius 1 is 1.25 bits per heavy atom. The van der Waals surface area contributed by atoms with E-state index in [1.54, 1.807) is 0 Å². The van der Waals surface area contributed by atoms with Gasteiger partial charge < -0.3 is 0 Å². The topological polar surface area (TPSA) is 0 Å². The van der Waals surface area contributed by atoms with Crippen LogP contribution in [0.1, 0.15) is 52.9 Å². The first kappa shape index (κ1) is 9.83. The Morgan fingerprint density at radius 2 is 1.92 bits per heavy atom. The standard InChI is InChI=1S/C12H22/c1-4-11-9-7-8-10-12(11,5-2)6-3/h8,10-11H,4-7,9H2,1-3H3. The Balaban J connectivity index is 2.79. The zero-order chi connectivity index (χ0) is 9.03. The fourth-order valence-corrected chi connectivity index (χ4v) is 2.71. The molecule has 0 aromatic heterocycles. The molecule has 0 radical (unpaired) electrons. The third-order valence-electron chi connectivity index (χ3n) is 3.75. The van der Waals surface area contributed by atoms with Gasteiger partial charge in [-0.3, -0.25) is 0 Å². The summed E-state index contributed by atoms with van der Waals surface area (Å²) in [7, 11) is 0. The van der Waals surface area contributed by atoms with Gasteiger partial charge in [0.2, 0.25) is 0 Å². The summed E-state index contributed by atoms with van der Waals surface area (Å²) < 4.78 is 0. The van der Waals surface area contributed by atoms with E-state index in [4.69, 9.17) is 0 Å². The van der Waals surface area contributed by atoms with Crippen molar-refractivity contribution in [2.75, 3.05) is 0 Å². The first-order chi connectivity index (χ1) is 5.79. The van der Waals surface area contributed by atoms with Crippen LogP contribution in [0, 0.1) is 11.3 Å². The van der Waals surface area contributed by atoms with E-state index in [9.17, 15) is 0 Å². The number of allylic oxidation sites excluding steroid dienone is 2. The van der Waals surface area contributed by atoms with Gasteiger partial charge in [-0.25, -0.2) is 0 Å². The van der Waals surface area contributed by atoms with Crippen molar-refractivity contribution in [3.63, 3.8) is 0 Å². The van der Waals surface area contributed by atoms with Gasteiger partial charge in [0.1, 0.15) is 0 Å². The molecule has 0 bridgehead atoms. The zero-order valence-electron chi connectivity index (χ0n) is 8.77. The van der Waals surface area contributed by atoms with Crippen LogP contribution in [-0.4, -0.2) is 0 Å². The van der Waals surface area contributed by atoms with E-state index in [1.807, 2.05) is 0 Å². The van der Waals surface area contributed by atoms with Crippen LogP contribution >= 0.6 is 0 Å². The van der Waals surface area contributed by atoms with E-state index in [-0.39, 0.29) is 0 Å². The molecule has 0 N–H and O–H groups in total. The molecule has 0 aromatic rings. The van der Waals surface area contributed by atoms with Crippen LogP contribution in [0.4, 0.5) is 0 Å². The van der Waals surface area contributed by atoms with Gasteiger partial charge in [0, 0.05) is 0 Å². The molecule has 1 rings (SSSR count). The molecule has 0 saturated carbocycles. The highest BCUT2D eigenvalue weighted by atomic mass is 14.4. The lowest BCUT2D eigenvalue weighted by atomic mass is 9.66. The van der Waals surface area contributed by atoms with Gasteiger partial charge in [-0.1, -0.05) is 39.3 Å². The summed E-state index contributed by atoms with van der Waals surface area (Å²) in [5.41, 5.74) is 0.549. The van der Waals surface area contributed by atoms with Gasteiger partial charge in [0.15, 0.2) is 0 Å². The molecule has 0 aromatic carbocycles. The van der Waals surface area contributed by atoms with Crippen molar-refractivity contribution in [2.45, 2.75) is 52.9 Å². The van der Waals surface area contributed by atoms with Crippen molar-refractivity contribution in [1.82, 2.24) is 0 Å². The van der Waals surface area contributed by atoms with E-state index in [0.717, 1.165) is 5.92 Å². The normalized spacial score (nSPS) is 27.4. The van der Waals surface area contributed by atoms with E-state index in [1.165, 1.54) is 32.1 Å². The van der Waals surface area contributed by atoms with Crippen LogP contribution in [0.5, 0.6) is 0 Å². The van der Waals surface area contributed by atoms with Crippen molar-refractivity contribution in [3.05, 3.63) is 12.2 Å². The second-order valence-corrected chi connectivity index (χ2v) is 4.03. The van der Waals surface area contributed by atoms with Gasteiger partial charge >= 0.3 is 0 Å². The van der Waals surface area contributed by atoms with Crippen molar-refractivity contribution >= 4 is 0 Å². The van der Waals surface area contributed by atoms with Crippen molar-refractivity contribution < 1.29 is 0 Å². The Labute approximate surface area is 77.1 Å². The zero-order valence-corrected chi connectivity index (χ0v) is 8.77. The molecule has 1 aliphatic rings. The first-order valence-electron chi connectivity index (χ1n) is 5.46. The summed E-state index contributed by atoms with van der Waals surface area (Å²) in [6, 6.07) is 0. The minimum Gasteiger partial charge on any atom is -0.0880 e. The summed E-state index contributed by atoms with van der Waals surface area (Å²) >= 11 is 0. The van der Waals surface area contributed by atoms with Gasteiger partial charge in [0.25, 0.3) is 0 Å². The highest BCUT2D eigenvalue weighted by Gasteiger charge is 2.32. The van der Waals surface area contributed by atoms with Gasteiger partial charge in [-0.05, 0) is 37.0 Å². The highest BCUT2D eigenvalue weighted by Crippen LogP contribution is 2.43. The summed E-state index contributed by atoms with van der Waals surface area (Å²) in [5, 5.41) is 0. The Hall–Kier alpha value is -0.260. The van der Waals surface area contributed by atoms with Gasteiger partial charge in [0.05, 0.1) is 0 Å². The molecule has 0 heterocycles. The Kier molecular flexibility index (Phi) is 3.37. The maximum absolute atomic E-state index is 2.49. The molecule has 1 unspecified atom stereocenters. The van der Waals surface area contributed by atoms with Crippen LogP contribution < -0.4 is 0 Å². The third kappa shape index (κ3) is 1.57. The molecule has 0 nitrogen and oxygen atoms in total. The highest BCUT2D eigenvalue weighted by molar-refractivity contribution is 5.06. The second-order valence-electron chi connectivity index (χ2n) is 4.03. The fourth-order valence-electron chi connectivity index (χ4n) is 2.71. The molecule has 0 amide bonds. The molecule has 70 valence electrons. The monoisotopic (exact) mass is 166 g/mol. The molecular weight excluding hydrogens is 144 g/mol.